The second kappa shape index (κ2) is 10.1. The number of anilines is 2. The van der Waals surface area contributed by atoms with Crippen LogP contribution >= 0.6 is 0 Å². The predicted octanol–water partition coefficient (Wildman–Crippen LogP) is 5.03. The molecule has 1 aliphatic heterocycles. The first-order valence-electron chi connectivity index (χ1n) is 11.5. The van der Waals surface area contributed by atoms with Crippen molar-refractivity contribution in [3.63, 3.8) is 0 Å². The molecule has 1 aromatic carbocycles. The summed E-state index contributed by atoms with van der Waals surface area (Å²) in [5.74, 6) is -0.397. The first-order valence-corrected chi connectivity index (χ1v) is 11.5. The van der Waals surface area contributed by atoms with Crippen LogP contribution < -0.4 is 15.4 Å². The van der Waals surface area contributed by atoms with E-state index in [2.05, 4.69) is 25.7 Å². The molecule has 2 N–H and O–H groups in total. The molecule has 8 nitrogen and oxygen atoms in total. The normalized spacial score (nSPS) is 14.8. The summed E-state index contributed by atoms with van der Waals surface area (Å²) in [7, 11) is 0. The SMILES string of the molecule is Fc1ccc(Nc2ncnc3ccc(-c4cnn(C5CCNCC5)c4)nc23)c(OCCC(F)(F)F)c1. The van der Waals surface area contributed by atoms with E-state index in [4.69, 9.17) is 9.72 Å². The van der Waals surface area contributed by atoms with Crippen LogP contribution in [0.15, 0.2) is 49.1 Å². The third-order valence-corrected chi connectivity index (χ3v) is 5.90. The van der Waals surface area contributed by atoms with Crippen LogP contribution in [0.1, 0.15) is 25.3 Å². The number of ether oxygens (including phenoxy) is 1. The summed E-state index contributed by atoms with van der Waals surface area (Å²) in [6.07, 6.45) is 1.53. The van der Waals surface area contributed by atoms with Gasteiger partial charge in [0, 0.05) is 17.8 Å². The number of alkyl halides is 3. The van der Waals surface area contributed by atoms with E-state index in [1.807, 2.05) is 16.9 Å². The number of halogens is 4. The minimum Gasteiger partial charge on any atom is -0.491 e. The number of piperidine rings is 1. The molecule has 0 aliphatic carbocycles. The molecule has 4 heterocycles. The van der Waals surface area contributed by atoms with Crippen molar-refractivity contribution in [2.45, 2.75) is 31.5 Å². The predicted molar refractivity (Wildman–Crippen MR) is 126 cm³/mol. The first kappa shape index (κ1) is 23.9. The molecule has 0 saturated carbocycles. The Morgan fingerprint density at radius 3 is 2.75 bits per heavy atom. The van der Waals surface area contributed by atoms with Crippen molar-refractivity contribution in [2.75, 3.05) is 25.0 Å². The molecule has 0 radical (unpaired) electrons. The maximum atomic E-state index is 13.8. The Labute approximate surface area is 203 Å². The van der Waals surface area contributed by atoms with Crippen LogP contribution in [-0.4, -0.2) is 50.6 Å². The Morgan fingerprint density at radius 2 is 1.94 bits per heavy atom. The van der Waals surface area contributed by atoms with E-state index in [-0.39, 0.29) is 11.4 Å². The number of nitrogens with one attached hydrogen (secondary N) is 2. The lowest BCUT2D eigenvalue weighted by Gasteiger charge is -2.22. The molecule has 0 amide bonds. The molecule has 0 bridgehead atoms. The smallest absolute Gasteiger partial charge is 0.392 e. The van der Waals surface area contributed by atoms with Crippen LogP contribution in [0.3, 0.4) is 0 Å². The third-order valence-electron chi connectivity index (χ3n) is 5.90. The zero-order valence-electron chi connectivity index (χ0n) is 19.1. The number of hydrogen-bond donors (Lipinski definition) is 2. The fourth-order valence-corrected chi connectivity index (χ4v) is 4.06. The third kappa shape index (κ3) is 5.54. The maximum Gasteiger partial charge on any atom is 0.392 e. The molecular formula is C24H23F4N7O. The van der Waals surface area contributed by atoms with Gasteiger partial charge < -0.3 is 15.4 Å². The first-order chi connectivity index (χ1) is 17.4. The number of nitrogens with zero attached hydrogens (tertiary/aromatic N) is 5. The largest absolute Gasteiger partial charge is 0.491 e. The summed E-state index contributed by atoms with van der Waals surface area (Å²) in [4.78, 5) is 13.2. The minimum absolute atomic E-state index is 0.0644. The molecule has 4 aromatic rings. The lowest BCUT2D eigenvalue weighted by Crippen LogP contribution is -2.29. The average molecular weight is 501 g/mol. The summed E-state index contributed by atoms with van der Waals surface area (Å²) in [5.41, 5.74) is 2.76. The van der Waals surface area contributed by atoms with E-state index in [0.29, 0.717) is 28.6 Å². The lowest BCUT2D eigenvalue weighted by atomic mass is 10.1. The van der Waals surface area contributed by atoms with E-state index in [1.165, 1.54) is 18.5 Å². The molecule has 1 aliphatic rings. The van der Waals surface area contributed by atoms with Gasteiger partial charge in [0.05, 0.1) is 42.2 Å². The zero-order valence-corrected chi connectivity index (χ0v) is 19.1. The van der Waals surface area contributed by atoms with E-state index in [1.54, 1.807) is 12.3 Å². The highest BCUT2D eigenvalue weighted by molar-refractivity contribution is 5.89. The molecule has 188 valence electrons. The molecule has 3 aromatic heterocycles. The number of pyridine rings is 1. The highest BCUT2D eigenvalue weighted by atomic mass is 19.4. The van der Waals surface area contributed by atoms with Crippen molar-refractivity contribution in [3.05, 3.63) is 54.9 Å². The van der Waals surface area contributed by atoms with Gasteiger partial charge in [-0.3, -0.25) is 4.68 Å². The summed E-state index contributed by atoms with van der Waals surface area (Å²) in [5, 5.41) is 10.9. The summed E-state index contributed by atoms with van der Waals surface area (Å²) in [6, 6.07) is 7.55. The van der Waals surface area contributed by atoms with Crippen LogP contribution in [0.25, 0.3) is 22.3 Å². The lowest BCUT2D eigenvalue weighted by molar-refractivity contribution is -0.139. The molecular weight excluding hydrogens is 478 g/mol. The van der Waals surface area contributed by atoms with Crippen molar-refractivity contribution in [1.82, 2.24) is 30.0 Å². The van der Waals surface area contributed by atoms with E-state index >= 15 is 0 Å². The van der Waals surface area contributed by atoms with Gasteiger partial charge in [-0.05, 0) is 50.2 Å². The van der Waals surface area contributed by atoms with Gasteiger partial charge in [-0.1, -0.05) is 0 Å². The summed E-state index contributed by atoms with van der Waals surface area (Å²) < 4.78 is 58.6. The second-order valence-corrected chi connectivity index (χ2v) is 8.46. The molecule has 0 unspecified atom stereocenters. The fourth-order valence-electron chi connectivity index (χ4n) is 4.06. The van der Waals surface area contributed by atoms with Crippen LogP contribution in [0, 0.1) is 5.82 Å². The Balaban J connectivity index is 1.42. The van der Waals surface area contributed by atoms with Crippen LogP contribution in [0.4, 0.5) is 29.1 Å². The van der Waals surface area contributed by atoms with Gasteiger partial charge in [-0.15, -0.1) is 0 Å². The molecule has 5 rings (SSSR count). The van der Waals surface area contributed by atoms with Gasteiger partial charge in [0.1, 0.15) is 23.4 Å². The van der Waals surface area contributed by atoms with E-state index in [0.717, 1.165) is 37.6 Å². The molecule has 1 fully saturated rings. The van der Waals surface area contributed by atoms with E-state index in [9.17, 15) is 17.6 Å². The maximum absolute atomic E-state index is 13.8. The van der Waals surface area contributed by atoms with Crippen molar-refractivity contribution in [2.24, 2.45) is 0 Å². The van der Waals surface area contributed by atoms with Crippen LogP contribution in [0.5, 0.6) is 5.75 Å². The van der Waals surface area contributed by atoms with Crippen molar-refractivity contribution in [1.29, 1.82) is 0 Å². The number of aromatic nitrogens is 5. The Kier molecular flexibility index (Phi) is 6.68. The number of hydrogen-bond acceptors (Lipinski definition) is 7. The van der Waals surface area contributed by atoms with Gasteiger partial charge in [0.15, 0.2) is 5.82 Å². The monoisotopic (exact) mass is 501 g/mol. The van der Waals surface area contributed by atoms with Gasteiger partial charge in [-0.25, -0.2) is 19.3 Å². The highest BCUT2D eigenvalue weighted by Gasteiger charge is 2.27. The van der Waals surface area contributed by atoms with Gasteiger partial charge in [-0.2, -0.15) is 18.3 Å². The molecule has 0 atom stereocenters. The molecule has 0 spiro atoms. The van der Waals surface area contributed by atoms with Gasteiger partial charge >= 0.3 is 6.18 Å². The Hall–Kier alpha value is -3.80. The summed E-state index contributed by atoms with van der Waals surface area (Å²) in [6.45, 7) is 1.26. The molecule has 12 heteroatoms. The van der Waals surface area contributed by atoms with Crippen molar-refractivity contribution in [3.8, 4) is 17.0 Å². The summed E-state index contributed by atoms with van der Waals surface area (Å²) >= 11 is 0. The van der Waals surface area contributed by atoms with Gasteiger partial charge in [0.25, 0.3) is 0 Å². The number of rotatable bonds is 7. The van der Waals surface area contributed by atoms with E-state index < -0.39 is 25.0 Å². The Morgan fingerprint density at radius 1 is 1.11 bits per heavy atom. The number of benzene rings is 1. The van der Waals surface area contributed by atoms with Crippen LogP contribution in [-0.2, 0) is 0 Å². The van der Waals surface area contributed by atoms with Crippen molar-refractivity contribution >= 4 is 22.5 Å². The standard InChI is InChI=1S/C24H23F4N7O/c25-16-1-2-19(21(11-16)36-10-7-24(26,27)28)34-23-22-20(30-14-31-23)4-3-18(33-22)15-12-32-35(13-15)17-5-8-29-9-6-17/h1-4,11-14,17,29H,5-10H2,(H,30,31,34). The molecule has 36 heavy (non-hydrogen) atoms. The minimum atomic E-state index is -4.38. The Bertz CT molecular complexity index is 1350. The average Bonchev–Trinajstić information content (AvgIpc) is 3.36. The van der Waals surface area contributed by atoms with Gasteiger partial charge in [0.2, 0.25) is 0 Å². The topological polar surface area (TPSA) is 89.8 Å². The molecule has 1 saturated heterocycles. The highest BCUT2D eigenvalue weighted by Crippen LogP contribution is 2.32. The van der Waals surface area contributed by atoms with Crippen molar-refractivity contribution < 1.29 is 22.3 Å². The second-order valence-electron chi connectivity index (χ2n) is 8.46. The number of fused-ring (bicyclic) bond motifs is 1. The fraction of sp³-hybridized carbons (Fsp3) is 0.333. The van der Waals surface area contributed by atoms with Crippen LogP contribution in [0.2, 0.25) is 0 Å². The quantitative estimate of drug-likeness (QED) is 0.344. The zero-order chi connectivity index (χ0) is 25.1.